The molecule has 0 aromatic rings. The fraction of sp³-hybridized carbons (Fsp3) is 1.00. The van der Waals surface area contributed by atoms with Crippen LogP contribution in [0.2, 0.25) is 0 Å². The molecule has 1 saturated carbocycles. The van der Waals surface area contributed by atoms with Crippen molar-refractivity contribution in [2.75, 3.05) is 0 Å². The zero-order chi connectivity index (χ0) is 6.15. The first-order valence-corrected chi connectivity index (χ1v) is 3.67. The van der Waals surface area contributed by atoms with E-state index in [2.05, 4.69) is 0 Å². The summed E-state index contributed by atoms with van der Waals surface area (Å²) < 4.78 is 33.1. The Morgan fingerprint density at radius 1 is 1.50 bits per heavy atom. The molecule has 0 aliphatic heterocycles. The summed E-state index contributed by atoms with van der Waals surface area (Å²) >= 11 is 0. The highest BCUT2D eigenvalue weighted by atomic mass is 32.2. The topological polar surface area (TPSA) is 17.1 Å². The second-order valence-electron chi connectivity index (χ2n) is 1.79. The third-order valence-corrected chi connectivity index (χ3v) is 2.51. The van der Waals surface area contributed by atoms with E-state index in [-0.39, 0.29) is 5.25 Å². The number of rotatable bonds is 2. The highest BCUT2D eigenvalue weighted by Gasteiger charge is 2.33. The van der Waals surface area contributed by atoms with E-state index in [4.69, 9.17) is 0 Å². The standard InChI is InChI=1S/C4H6F2OS/c5-4(6)8(7)3-1-2-3/h3-4H,1-2H2. The number of halogens is 2. The zero-order valence-electron chi connectivity index (χ0n) is 4.14. The van der Waals surface area contributed by atoms with Crippen LogP contribution in [0.3, 0.4) is 0 Å². The lowest BCUT2D eigenvalue weighted by atomic mass is 11.0. The lowest BCUT2D eigenvalue weighted by Gasteiger charge is -1.92. The fourth-order valence-corrected chi connectivity index (χ4v) is 1.34. The van der Waals surface area contributed by atoms with Crippen molar-refractivity contribution >= 4 is 10.8 Å². The number of hydrogen-bond donors (Lipinski definition) is 0. The monoisotopic (exact) mass is 140 g/mol. The summed E-state index contributed by atoms with van der Waals surface area (Å²) in [4.78, 5) is 0. The first-order valence-electron chi connectivity index (χ1n) is 2.39. The van der Waals surface area contributed by atoms with Crippen LogP contribution in [0, 0.1) is 0 Å². The van der Waals surface area contributed by atoms with E-state index < -0.39 is 16.6 Å². The van der Waals surface area contributed by atoms with Crippen molar-refractivity contribution in [1.29, 1.82) is 0 Å². The molecule has 1 atom stereocenters. The Morgan fingerprint density at radius 3 is 2.12 bits per heavy atom. The molecule has 0 N–H and O–H groups in total. The van der Waals surface area contributed by atoms with E-state index in [1.807, 2.05) is 0 Å². The lowest BCUT2D eigenvalue weighted by molar-refractivity contribution is 0.243. The highest BCUT2D eigenvalue weighted by Crippen LogP contribution is 2.28. The van der Waals surface area contributed by atoms with E-state index in [9.17, 15) is 13.0 Å². The van der Waals surface area contributed by atoms with Crippen molar-refractivity contribution in [2.24, 2.45) is 0 Å². The van der Waals surface area contributed by atoms with Gasteiger partial charge in [0.2, 0.25) is 0 Å². The lowest BCUT2D eigenvalue weighted by Crippen LogP contribution is -2.06. The number of hydrogen-bond acceptors (Lipinski definition) is 1. The summed E-state index contributed by atoms with van der Waals surface area (Å²) in [6.07, 6.45) is 1.44. The molecular weight excluding hydrogens is 134 g/mol. The van der Waals surface area contributed by atoms with Gasteiger partial charge in [-0.3, -0.25) is 4.21 Å². The van der Waals surface area contributed by atoms with Gasteiger partial charge in [0.1, 0.15) is 0 Å². The second kappa shape index (κ2) is 2.09. The number of alkyl halides is 2. The molecule has 48 valence electrons. The molecule has 0 amide bonds. The van der Waals surface area contributed by atoms with Crippen molar-refractivity contribution in [3.05, 3.63) is 0 Å². The van der Waals surface area contributed by atoms with Crippen LogP contribution in [0.4, 0.5) is 8.78 Å². The molecule has 0 saturated heterocycles. The van der Waals surface area contributed by atoms with Gasteiger partial charge in [-0.25, -0.2) is 0 Å². The van der Waals surface area contributed by atoms with E-state index in [0.717, 1.165) is 12.8 Å². The summed E-state index contributed by atoms with van der Waals surface area (Å²) in [5, 5.41) is -0.185. The molecule has 0 spiro atoms. The average molecular weight is 140 g/mol. The molecule has 0 heterocycles. The Labute approximate surface area is 48.5 Å². The normalized spacial score (nSPS) is 23.9. The minimum atomic E-state index is -2.62. The Morgan fingerprint density at radius 2 is 2.00 bits per heavy atom. The van der Waals surface area contributed by atoms with Gasteiger partial charge in [-0.1, -0.05) is 0 Å². The predicted octanol–water partition coefficient (Wildman–Crippen LogP) is 1.12. The van der Waals surface area contributed by atoms with Gasteiger partial charge in [0.15, 0.2) is 0 Å². The van der Waals surface area contributed by atoms with Crippen molar-refractivity contribution < 1.29 is 13.0 Å². The zero-order valence-corrected chi connectivity index (χ0v) is 4.96. The molecule has 0 aromatic carbocycles. The van der Waals surface area contributed by atoms with Gasteiger partial charge in [-0.15, -0.1) is 0 Å². The van der Waals surface area contributed by atoms with Crippen LogP contribution >= 0.6 is 0 Å². The molecule has 0 bridgehead atoms. The van der Waals surface area contributed by atoms with Crippen molar-refractivity contribution in [3.8, 4) is 0 Å². The third kappa shape index (κ3) is 1.24. The second-order valence-corrected chi connectivity index (χ2v) is 3.47. The molecule has 1 fully saturated rings. The molecule has 1 nitrogen and oxygen atoms in total. The predicted molar refractivity (Wildman–Crippen MR) is 27.2 cm³/mol. The van der Waals surface area contributed by atoms with E-state index in [1.54, 1.807) is 0 Å². The van der Waals surface area contributed by atoms with Gasteiger partial charge < -0.3 is 0 Å². The van der Waals surface area contributed by atoms with Crippen molar-refractivity contribution in [3.63, 3.8) is 0 Å². The average Bonchev–Trinajstić information content (AvgIpc) is 2.43. The molecule has 4 heteroatoms. The molecule has 1 unspecified atom stereocenters. The van der Waals surface area contributed by atoms with Crippen molar-refractivity contribution in [1.82, 2.24) is 0 Å². The fourth-order valence-electron chi connectivity index (χ4n) is 0.446. The quantitative estimate of drug-likeness (QED) is 0.561. The molecule has 1 rings (SSSR count). The van der Waals surface area contributed by atoms with Crippen LogP contribution in [0.25, 0.3) is 0 Å². The van der Waals surface area contributed by atoms with Gasteiger partial charge in [-0.05, 0) is 12.8 Å². The third-order valence-electron chi connectivity index (χ3n) is 1.03. The molecule has 1 aliphatic rings. The van der Waals surface area contributed by atoms with E-state index >= 15 is 0 Å². The van der Waals surface area contributed by atoms with Gasteiger partial charge in [0.25, 0.3) is 0 Å². The maximum Gasteiger partial charge on any atom is 0.312 e. The van der Waals surface area contributed by atoms with E-state index in [0.29, 0.717) is 0 Å². The minimum absolute atomic E-state index is 0.185. The van der Waals surface area contributed by atoms with Crippen LogP contribution in [-0.2, 0) is 10.8 Å². The van der Waals surface area contributed by atoms with Crippen LogP contribution in [0.5, 0.6) is 0 Å². The van der Waals surface area contributed by atoms with Crippen LogP contribution < -0.4 is 0 Å². The Hall–Kier alpha value is 0.01000. The van der Waals surface area contributed by atoms with Crippen molar-refractivity contribution in [2.45, 2.75) is 23.8 Å². The Kier molecular flexibility index (Phi) is 1.60. The summed E-state index contributed by atoms with van der Waals surface area (Å²) in [5.74, 6) is -2.62. The first-order chi connectivity index (χ1) is 3.72. The van der Waals surface area contributed by atoms with Crippen LogP contribution in [0.1, 0.15) is 12.8 Å². The summed E-state index contributed by atoms with van der Waals surface area (Å²) in [5.41, 5.74) is 0. The van der Waals surface area contributed by atoms with Gasteiger partial charge >= 0.3 is 5.76 Å². The molecule has 8 heavy (non-hydrogen) atoms. The first kappa shape index (κ1) is 6.13. The van der Waals surface area contributed by atoms with Gasteiger partial charge in [-0.2, -0.15) is 8.78 Å². The maximum absolute atomic E-state index is 11.4. The summed E-state index contributed by atoms with van der Waals surface area (Å²) in [6.45, 7) is 0. The van der Waals surface area contributed by atoms with Crippen LogP contribution in [0.15, 0.2) is 0 Å². The molecule has 1 aliphatic carbocycles. The van der Waals surface area contributed by atoms with Gasteiger partial charge in [0, 0.05) is 5.25 Å². The molecular formula is C4H6F2OS. The van der Waals surface area contributed by atoms with Gasteiger partial charge in [0.05, 0.1) is 10.8 Å². The summed E-state index contributed by atoms with van der Waals surface area (Å²) in [6, 6.07) is 0. The molecule has 0 radical (unpaired) electrons. The smallest absolute Gasteiger partial charge is 0.253 e. The largest absolute Gasteiger partial charge is 0.312 e. The minimum Gasteiger partial charge on any atom is -0.253 e. The van der Waals surface area contributed by atoms with Crippen LogP contribution in [-0.4, -0.2) is 15.2 Å². The Balaban J connectivity index is 2.33. The highest BCUT2D eigenvalue weighted by molar-refractivity contribution is 7.86. The molecule has 0 aromatic heterocycles. The maximum atomic E-state index is 11.4. The summed E-state index contributed by atoms with van der Waals surface area (Å²) in [7, 11) is -1.85. The van der Waals surface area contributed by atoms with E-state index in [1.165, 1.54) is 0 Å². The SMILES string of the molecule is O=S(C(F)F)C1CC1. The Bertz CT molecular complexity index is 107.